The quantitative estimate of drug-likeness (QED) is 0.456. The molecule has 0 atom stereocenters. The normalized spacial score (nSPS) is 9.17. The van der Waals surface area contributed by atoms with Gasteiger partial charge in [-0.05, 0) is 24.1 Å². The van der Waals surface area contributed by atoms with Crippen molar-refractivity contribution in [2.24, 2.45) is 0 Å². The molecule has 30 heavy (non-hydrogen) atoms. The van der Waals surface area contributed by atoms with E-state index < -0.39 is 0 Å². The fourth-order valence-corrected chi connectivity index (χ4v) is 2.23. The second kappa shape index (κ2) is 14.3. The van der Waals surface area contributed by atoms with Gasteiger partial charge in [-0.15, -0.1) is 6.58 Å². The van der Waals surface area contributed by atoms with Crippen LogP contribution in [0.4, 0.5) is 5.82 Å². The summed E-state index contributed by atoms with van der Waals surface area (Å²) in [5, 5.41) is 8.16. The van der Waals surface area contributed by atoms with Crippen LogP contribution in [0.15, 0.2) is 86.6 Å². The topological polar surface area (TPSA) is 74.0 Å². The Morgan fingerprint density at radius 2 is 1.73 bits per heavy atom. The summed E-state index contributed by atoms with van der Waals surface area (Å²) in [6.07, 6.45) is 11.8. The predicted molar refractivity (Wildman–Crippen MR) is 127 cm³/mol. The van der Waals surface area contributed by atoms with Crippen LogP contribution in [0.1, 0.15) is 38.3 Å². The van der Waals surface area contributed by atoms with Gasteiger partial charge in [0.05, 0.1) is 12.7 Å². The van der Waals surface area contributed by atoms with Gasteiger partial charge < -0.3 is 5.73 Å². The van der Waals surface area contributed by atoms with Crippen molar-refractivity contribution >= 4 is 17.4 Å². The molecule has 0 unspecified atom stereocenters. The first-order valence-electron chi connectivity index (χ1n) is 10.0. The minimum atomic E-state index is 0.514. The van der Waals surface area contributed by atoms with Crippen molar-refractivity contribution in [3.05, 3.63) is 97.7 Å². The van der Waals surface area contributed by atoms with Gasteiger partial charge in [0.1, 0.15) is 11.8 Å². The standard InChI is InChI=1S/C12H12N2.C6H6N4.C4H8.C2H6/c1-2-11-8-13-14(9-11)10-12-6-4-3-5-7-12;7-6-5-2-1-3-10(5)9-4-8-6;1-3-4-2;1-2/h2-9H,1,10H2;1-4H,(H2,7,8,9);3H,1,4H2,2H3;1-2H3. The fourth-order valence-electron chi connectivity index (χ4n) is 2.23. The molecule has 3 aromatic heterocycles. The van der Waals surface area contributed by atoms with E-state index in [4.69, 9.17) is 5.73 Å². The van der Waals surface area contributed by atoms with E-state index in [9.17, 15) is 0 Å². The lowest BCUT2D eigenvalue weighted by Gasteiger charge is -2.00. The average molecular weight is 405 g/mol. The van der Waals surface area contributed by atoms with Crippen LogP contribution in [-0.4, -0.2) is 24.4 Å². The minimum absolute atomic E-state index is 0.514. The van der Waals surface area contributed by atoms with Crippen molar-refractivity contribution in [2.75, 3.05) is 5.73 Å². The van der Waals surface area contributed by atoms with Gasteiger partial charge in [0.15, 0.2) is 5.82 Å². The number of anilines is 1. The molecule has 0 bridgehead atoms. The minimum Gasteiger partial charge on any atom is -0.382 e. The van der Waals surface area contributed by atoms with E-state index in [1.807, 2.05) is 73.5 Å². The van der Waals surface area contributed by atoms with Gasteiger partial charge in [-0.2, -0.15) is 10.2 Å². The molecule has 3 heterocycles. The highest BCUT2D eigenvalue weighted by Crippen LogP contribution is 2.07. The van der Waals surface area contributed by atoms with E-state index in [1.165, 1.54) is 11.9 Å². The number of allylic oxidation sites excluding steroid dienone is 1. The maximum Gasteiger partial charge on any atom is 0.151 e. The lowest BCUT2D eigenvalue weighted by molar-refractivity contribution is 0.687. The lowest BCUT2D eigenvalue weighted by Crippen LogP contribution is -1.98. The Bertz CT molecular complexity index is 985. The van der Waals surface area contributed by atoms with Crippen molar-refractivity contribution in [1.82, 2.24) is 24.4 Å². The van der Waals surface area contributed by atoms with Crippen LogP contribution in [-0.2, 0) is 6.54 Å². The number of hydrogen-bond acceptors (Lipinski definition) is 4. The monoisotopic (exact) mass is 404 g/mol. The Balaban J connectivity index is 0.000000246. The summed E-state index contributed by atoms with van der Waals surface area (Å²) in [5.41, 5.74) is 8.69. The van der Waals surface area contributed by atoms with Crippen LogP contribution in [0, 0.1) is 0 Å². The summed E-state index contributed by atoms with van der Waals surface area (Å²) >= 11 is 0. The van der Waals surface area contributed by atoms with E-state index in [-0.39, 0.29) is 0 Å². The Kier molecular flexibility index (Phi) is 11.7. The summed E-state index contributed by atoms with van der Waals surface area (Å²) in [6.45, 7) is 14.1. The first-order chi connectivity index (χ1) is 14.7. The Hall–Kier alpha value is -3.67. The van der Waals surface area contributed by atoms with E-state index in [0.29, 0.717) is 5.82 Å². The van der Waals surface area contributed by atoms with Gasteiger partial charge in [-0.3, -0.25) is 4.68 Å². The zero-order chi connectivity index (χ0) is 22.2. The molecule has 0 aliphatic heterocycles. The molecule has 0 amide bonds. The highest BCUT2D eigenvalue weighted by Gasteiger charge is 1.96. The Labute approximate surface area is 179 Å². The lowest BCUT2D eigenvalue weighted by atomic mass is 10.2. The largest absolute Gasteiger partial charge is 0.382 e. The molecule has 1 aromatic carbocycles. The molecule has 4 rings (SSSR count). The average Bonchev–Trinajstić information content (AvgIpc) is 3.47. The van der Waals surface area contributed by atoms with Crippen LogP contribution in [0.3, 0.4) is 0 Å². The molecular weight excluding hydrogens is 372 g/mol. The van der Waals surface area contributed by atoms with Gasteiger partial charge in [-0.25, -0.2) is 9.50 Å². The smallest absolute Gasteiger partial charge is 0.151 e. The Morgan fingerprint density at radius 1 is 1.03 bits per heavy atom. The highest BCUT2D eigenvalue weighted by molar-refractivity contribution is 5.63. The zero-order valence-corrected chi connectivity index (χ0v) is 18.1. The van der Waals surface area contributed by atoms with Gasteiger partial charge >= 0.3 is 0 Å². The molecule has 0 spiro atoms. The summed E-state index contributed by atoms with van der Waals surface area (Å²) in [6, 6.07) is 14.0. The SMILES string of the molecule is C=CCC.C=Cc1cnn(Cc2ccccc2)c1.CC.Nc1ncnn2cccc12. The molecule has 4 aromatic rings. The highest BCUT2D eigenvalue weighted by atomic mass is 15.3. The van der Waals surface area contributed by atoms with E-state index in [1.54, 1.807) is 10.6 Å². The van der Waals surface area contributed by atoms with Crippen molar-refractivity contribution in [3.8, 4) is 0 Å². The molecular formula is C24H32N6. The Morgan fingerprint density at radius 3 is 2.30 bits per heavy atom. The molecule has 0 saturated heterocycles. The summed E-state index contributed by atoms with van der Waals surface area (Å²) in [4.78, 5) is 3.83. The number of nitrogens with two attached hydrogens (primary N) is 1. The molecule has 0 aliphatic carbocycles. The number of nitrogens with zero attached hydrogens (tertiary/aromatic N) is 5. The second-order valence-electron chi connectivity index (χ2n) is 5.84. The van der Waals surface area contributed by atoms with Crippen LogP contribution >= 0.6 is 0 Å². The van der Waals surface area contributed by atoms with E-state index >= 15 is 0 Å². The third-order valence-electron chi connectivity index (χ3n) is 3.73. The maximum absolute atomic E-state index is 5.53. The molecule has 0 saturated carbocycles. The van der Waals surface area contributed by atoms with Crippen molar-refractivity contribution in [1.29, 1.82) is 0 Å². The molecule has 0 aliphatic rings. The number of aromatic nitrogens is 5. The molecule has 158 valence electrons. The molecule has 6 heteroatoms. The third kappa shape index (κ3) is 8.14. The van der Waals surface area contributed by atoms with Gasteiger partial charge in [0, 0.05) is 18.0 Å². The summed E-state index contributed by atoms with van der Waals surface area (Å²) in [7, 11) is 0. The van der Waals surface area contributed by atoms with Crippen LogP contribution in [0.25, 0.3) is 11.6 Å². The second-order valence-corrected chi connectivity index (χ2v) is 5.84. The van der Waals surface area contributed by atoms with Crippen molar-refractivity contribution in [3.63, 3.8) is 0 Å². The number of nitrogen functional groups attached to an aromatic ring is 1. The summed E-state index contributed by atoms with van der Waals surface area (Å²) < 4.78 is 3.59. The molecule has 6 nitrogen and oxygen atoms in total. The van der Waals surface area contributed by atoms with E-state index in [2.05, 4.69) is 47.4 Å². The molecule has 2 N–H and O–H groups in total. The zero-order valence-electron chi connectivity index (χ0n) is 18.1. The number of hydrogen-bond donors (Lipinski definition) is 1. The van der Waals surface area contributed by atoms with Crippen molar-refractivity contribution in [2.45, 2.75) is 33.7 Å². The predicted octanol–water partition coefficient (Wildman–Crippen LogP) is 5.49. The summed E-state index contributed by atoms with van der Waals surface area (Å²) in [5.74, 6) is 0.514. The number of rotatable bonds is 4. The number of fused-ring (bicyclic) bond motifs is 1. The first kappa shape index (κ1) is 24.4. The van der Waals surface area contributed by atoms with Crippen LogP contribution in [0.5, 0.6) is 0 Å². The number of benzene rings is 1. The fraction of sp³-hybridized carbons (Fsp3) is 0.208. The van der Waals surface area contributed by atoms with Crippen molar-refractivity contribution < 1.29 is 0 Å². The molecule has 0 fully saturated rings. The van der Waals surface area contributed by atoms with Gasteiger partial charge in [0.2, 0.25) is 0 Å². The van der Waals surface area contributed by atoms with Crippen LogP contribution in [0.2, 0.25) is 0 Å². The van der Waals surface area contributed by atoms with Crippen LogP contribution < -0.4 is 5.73 Å². The first-order valence-corrected chi connectivity index (χ1v) is 10.0. The third-order valence-corrected chi connectivity index (χ3v) is 3.73. The van der Waals surface area contributed by atoms with Gasteiger partial charge in [0.25, 0.3) is 0 Å². The maximum atomic E-state index is 5.53. The molecule has 0 radical (unpaired) electrons. The van der Waals surface area contributed by atoms with Gasteiger partial charge in [-0.1, -0.05) is 69.8 Å². The van der Waals surface area contributed by atoms with E-state index in [0.717, 1.165) is 24.0 Å².